The van der Waals surface area contributed by atoms with Crippen LogP contribution >= 0.6 is 0 Å². The van der Waals surface area contributed by atoms with Gasteiger partial charge in [-0.3, -0.25) is 9.59 Å². The molecule has 0 aromatic heterocycles. The molecule has 1 aromatic rings. The lowest BCUT2D eigenvalue weighted by molar-refractivity contribution is -0.147. The van der Waals surface area contributed by atoms with Crippen molar-refractivity contribution in [3.8, 4) is 5.75 Å². The van der Waals surface area contributed by atoms with Gasteiger partial charge in [-0.1, -0.05) is 12.1 Å². The van der Waals surface area contributed by atoms with Crippen molar-refractivity contribution in [2.75, 3.05) is 33.4 Å². The van der Waals surface area contributed by atoms with Crippen LogP contribution < -0.4 is 4.74 Å². The standard InChI is InChI=1S/C16H21NO5/c1-21-14-4-2-12(3-5-14)10-13(16(19)20)11-15(18)17-6-8-22-9-7-17/h2-5,13H,6-11H2,1H3,(H,19,20)/t13-/m0/s1. The zero-order valence-electron chi connectivity index (χ0n) is 12.7. The van der Waals surface area contributed by atoms with E-state index < -0.39 is 11.9 Å². The Morgan fingerprint density at radius 2 is 1.91 bits per heavy atom. The molecule has 1 aromatic carbocycles. The number of methoxy groups -OCH3 is 1. The van der Waals surface area contributed by atoms with E-state index in [0.29, 0.717) is 32.7 Å². The summed E-state index contributed by atoms with van der Waals surface area (Å²) in [7, 11) is 1.58. The first kappa shape index (κ1) is 16.3. The van der Waals surface area contributed by atoms with Crippen LogP contribution in [0.1, 0.15) is 12.0 Å². The van der Waals surface area contributed by atoms with Crippen LogP contribution in [0.2, 0.25) is 0 Å². The summed E-state index contributed by atoms with van der Waals surface area (Å²) in [5.41, 5.74) is 0.878. The van der Waals surface area contributed by atoms with Crippen molar-refractivity contribution in [2.45, 2.75) is 12.8 Å². The smallest absolute Gasteiger partial charge is 0.307 e. The zero-order chi connectivity index (χ0) is 15.9. The largest absolute Gasteiger partial charge is 0.497 e. The number of carbonyl (C=O) groups excluding carboxylic acids is 1. The van der Waals surface area contributed by atoms with Gasteiger partial charge in [0, 0.05) is 19.5 Å². The van der Waals surface area contributed by atoms with Gasteiger partial charge in [-0.15, -0.1) is 0 Å². The maximum atomic E-state index is 12.2. The Kier molecular flexibility index (Phi) is 5.77. The van der Waals surface area contributed by atoms with E-state index >= 15 is 0 Å². The van der Waals surface area contributed by atoms with Crippen LogP contribution in [0.4, 0.5) is 0 Å². The van der Waals surface area contributed by atoms with E-state index in [2.05, 4.69) is 0 Å². The summed E-state index contributed by atoms with van der Waals surface area (Å²) in [5.74, 6) is -1.06. The molecular formula is C16H21NO5. The Morgan fingerprint density at radius 3 is 2.45 bits per heavy atom. The van der Waals surface area contributed by atoms with Crippen LogP contribution in [0.25, 0.3) is 0 Å². The highest BCUT2D eigenvalue weighted by atomic mass is 16.5. The number of benzene rings is 1. The lowest BCUT2D eigenvalue weighted by Gasteiger charge is -2.27. The number of ether oxygens (including phenoxy) is 2. The van der Waals surface area contributed by atoms with E-state index in [0.717, 1.165) is 11.3 Å². The second-order valence-corrected chi connectivity index (χ2v) is 5.28. The molecule has 0 aliphatic carbocycles. The van der Waals surface area contributed by atoms with Gasteiger partial charge >= 0.3 is 5.97 Å². The SMILES string of the molecule is COc1ccc(C[C@@H](CC(=O)N2CCOCC2)C(=O)O)cc1. The third-order valence-corrected chi connectivity index (χ3v) is 3.78. The molecule has 1 heterocycles. The number of nitrogens with zero attached hydrogens (tertiary/aromatic N) is 1. The molecular weight excluding hydrogens is 286 g/mol. The monoisotopic (exact) mass is 307 g/mol. The molecule has 1 atom stereocenters. The highest BCUT2D eigenvalue weighted by Crippen LogP contribution is 2.18. The van der Waals surface area contributed by atoms with Gasteiger partial charge in [0.15, 0.2) is 0 Å². The maximum absolute atomic E-state index is 12.2. The summed E-state index contributed by atoms with van der Waals surface area (Å²) in [6, 6.07) is 7.23. The normalized spacial score (nSPS) is 16.1. The molecule has 0 unspecified atom stereocenters. The number of hydrogen-bond acceptors (Lipinski definition) is 4. The Hall–Kier alpha value is -2.08. The molecule has 0 saturated carbocycles. The minimum absolute atomic E-state index is 0.0152. The molecule has 1 aliphatic rings. The van der Waals surface area contributed by atoms with Crippen LogP contribution in [0.3, 0.4) is 0 Å². The second-order valence-electron chi connectivity index (χ2n) is 5.28. The van der Waals surface area contributed by atoms with E-state index in [1.54, 1.807) is 24.1 Å². The average molecular weight is 307 g/mol. The van der Waals surface area contributed by atoms with E-state index in [-0.39, 0.29) is 12.3 Å². The molecule has 1 saturated heterocycles. The maximum Gasteiger partial charge on any atom is 0.307 e. The van der Waals surface area contributed by atoms with Gasteiger partial charge in [0.1, 0.15) is 5.75 Å². The highest BCUT2D eigenvalue weighted by molar-refractivity contribution is 5.82. The number of hydrogen-bond donors (Lipinski definition) is 1. The molecule has 0 bridgehead atoms. The fourth-order valence-electron chi connectivity index (χ4n) is 2.45. The molecule has 120 valence electrons. The lowest BCUT2D eigenvalue weighted by atomic mass is 9.95. The number of rotatable bonds is 6. The number of carboxylic acid groups (broad SMARTS) is 1. The number of carbonyl (C=O) groups is 2. The average Bonchev–Trinajstić information content (AvgIpc) is 2.55. The number of carboxylic acids is 1. The number of amides is 1. The third kappa shape index (κ3) is 4.46. The Bertz CT molecular complexity index is 508. The van der Waals surface area contributed by atoms with E-state index in [9.17, 15) is 14.7 Å². The first-order chi connectivity index (χ1) is 10.6. The second kappa shape index (κ2) is 7.79. The first-order valence-corrected chi connectivity index (χ1v) is 7.31. The molecule has 1 N–H and O–H groups in total. The summed E-state index contributed by atoms with van der Waals surface area (Å²) < 4.78 is 10.3. The highest BCUT2D eigenvalue weighted by Gasteiger charge is 2.25. The molecule has 22 heavy (non-hydrogen) atoms. The summed E-state index contributed by atoms with van der Waals surface area (Å²) in [4.78, 5) is 25.3. The minimum atomic E-state index is -0.947. The van der Waals surface area contributed by atoms with Gasteiger partial charge in [-0.25, -0.2) is 0 Å². The number of morpholine rings is 1. The minimum Gasteiger partial charge on any atom is -0.497 e. The molecule has 0 spiro atoms. The molecule has 1 amide bonds. The van der Waals surface area contributed by atoms with Crippen molar-refractivity contribution in [1.29, 1.82) is 0 Å². The van der Waals surface area contributed by atoms with Crippen molar-refractivity contribution >= 4 is 11.9 Å². The van der Waals surface area contributed by atoms with Crippen LogP contribution in [-0.2, 0) is 20.7 Å². The van der Waals surface area contributed by atoms with Gasteiger partial charge in [0.25, 0.3) is 0 Å². The lowest BCUT2D eigenvalue weighted by Crippen LogP contribution is -2.42. The fraction of sp³-hybridized carbons (Fsp3) is 0.500. The zero-order valence-corrected chi connectivity index (χ0v) is 12.7. The van der Waals surface area contributed by atoms with E-state index in [1.807, 2.05) is 12.1 Å². The Morgan fingerprint density at radius 1 is 1.27 bits per heavy atom. The van der Waals surface area contributed by atoms with Crippen LogP contribution in [0.15, 0.2) is 24.3 Å². The molecule has 6 nitrogen and oxygen atoms in total. The summed E-state index contributed by atoms with van der Waals surface area (Å²) >= 11 is 0. The Labute approximate surface area is 129 Å². The van der Waals surface area contributed by atoms with Gasteiger partial charge in [-0.2, -0.15) is 0 Å². The van der Waals surface area contributed by atoms with Crippen LogP contribution in [0.5, 0.6) is 5.75 Å². The van der Waals surface area contributed by atoms with Crippen molar-refractivity contribution < 1.29 is 24.2 Å². The molecule has 6 heteroatoms. The van der Waals surface area contributed by atoms with E-state index in [4.69, 9.17) is 9.47 Å². The summed E-state index contributed by atoms with van der Waals surface area (Å²) in [6.07, 6.45) is 0.344. The van der Waals surface area contributed by atoms with Crippen molar-refractivity contribution in [2.24, 2.45) is 5.92 Å². The number of aliphatic carboxylic acids is 1. The summed E-state index contributed by atoms with van der Waals surface area (Å²) in [5, 5.41) is 9.36. The van der Waals surface area contributed by atoms with Gasteiger partial charge < -0.3 is 19.5 Å². The molecule has 2 rings (SSSR count). The Balaban J connectivity index is 1.96. The fourth-order valence-corrected chi connectivity index (χ4v) is 2.45. The predicted molar refractivity (Wildman–Crippen MR) is 79.8 cm³/mol. The van der Waals surface area contributed by atoms with Crippen molar-refractivity contribution in [3.05, 3.63) is 29.8 Å². The van der Waals surface area contributed by atoms with Gasteiger partial charge in [0.05, 0.1) is 26.2 Å². The van der Waals surface area contributed by atoms with Gasteiger partial charge in [-0.05, 0) is 24.1 Å². The molecule has 0 radical (unpaired) electrons. The van der Waals surface area contributed by atoms with Crippen LogP contribution in [0, 0.1) is 5.92 Å². The third-order valence-electron chi connectivity index (χ3n) is 3.78. The van der Waals surface area contributed by atoms with Crippen molar-refractivity contribution in [1.82, 2.24) is 4.90 Å². The van der Waals surface area contributed by atoms with Crippen molar-refractivity contribution in [3.63, 3.8) is 0 Å². The molecule has 1 aliphatic heterocycles. The van der Waals surface area contributed by atoms with Gasteiger partial charge in [0.2, 0.25) is 5.91 Å². The first-order valence-electron chi connectivity index (χ1n) is 7.31. The van der Waals surface area contributed by atoms with Crippen LogP contribution in [-0.4, -0.2) is 55.3 Å². The quantitative estimate of drug-likeness (QED) is 0.854. The predicted octanol–water partition coefficient (Wildman–Crippen LogP) is 1.19. The molecule has 1 fully saturated rings. The van der Waals surface area contributed by atoms with E-state index in [1.165, 1.54) is 0 Å². The topological polar surface area (TPSA) is 76.1 Å². The summed E-state index contributed by atoms with van der Waals surface area (Å²) in [6.45, 7) is 2.10.